The summed E-state index contributed by atoms with van der Waals surface area (Å²) in [6.45, 7) is 2.51. The molecule has 162 valence electrons. The molecule has 2 amide bonds. The minimum absolute atomic E-state index is 0.143. The van der Waals surface area contributed by atoms with Gasteiger partial charge in [0.1, 0.15) is 15.8 Å². The molecule has 0 spiro atoms. The van der Waals surface area contributed by atoms with Crippen LogP contribution in [0.3, 0.4) is 0 Å². The summed E-state index contributed by atoms with van der Waals surface area (Å²) >= 11 is 0.979. The van der Waals surface area contributed by atoms with Crippen LogP contribution in [0.1, 0.15) is 12.1 Å². The summed E-state index contributed by atoms with van der Waals surface area (Å²) in [6, 6.07) is 9.57. The maximum atomic E-state index is 14.0. The van der Waals surface area contributed by atoms with Gasteiger partial charge in [0.25, 0.3) is 0 Å². The van der Waals surface area contributed by atoms with Crippen LogP contribution in [-0.4, -0.2) is 38.8 Å². The van der Waals surface area contributed by atoms with Crippen LogP contribution in [0.25, 0.3) is 11.1 Å². The molecule has 1 saturated heterocycles. The molecule has 0 radical (unpaired) electrons. The second-order valence-electron chi connectivity index (χ2n) is 7.25. The number of aromatic nitrogens is 1. The van der Waals surface area contributed by atoms with E-state index in [1.54, 1.807) is 36.1 Å². The second-order valence-corrected chi connectivity index (χ2v) is 10.4. The van der Waals surface area contributed by atoms with Gasteiger partial charge in [0, 0.05) is 30.6 Å². The molecule has 2 heterocycles. The lowest BCUT2D eigenvalue weighted by Gasteiger charge is -2.34. The van der Waals surface area contributed by atoms with Crippen molar-refractivity contribution in [2.45, 2.75) is 17.6 Å². The van der Waals surface area contributed by atoms with Crippen molar-refractivity contribution in [1.82, 2.24) is 4.98 Å². The Hall–Kier alpha value is -2.85. The van der Waals surface area contributed by atoms with Crippen molar-refractivity contribution in [3.05, 3.63) is 59.8 Å². The zero-order valence-corrected chi connectivity index (χ0v) is 18.4. The maximum Gasteiger partial charge on any atom is 0.330 e. The molecule has 3 aromatic rings. The highest BCUT2D eigenvalue weighted by Crippen LogP contribution is 2.33. The zero-order chi connectivity index (χ0) is 22.3. The van der Waals surface area contributed by atoms with E-state index in [2.05, 4.69) is 4.98 Å². The number of thiazole rings is 1. The predicted octanol–water partition coefficient (Wildman–Crippen LogP) is 4.64. The molecule has 31 heavy (non-hydrogen) atoms. The molecule has 1 aliphatic heterocycles. The second kappa shape index (κ2) is 8.01. The van der Waals surface area contributed by atoms with E-state index in [0.29, 0.717) is 41.6 Å². The standard InChI is InChI=1S/C21H19F2N3O3S2/c1-13-19(31(2,28)29)30-20(24-13)26-11-3-10-25(21(26)27)16-7-4-14(5-8-16)17-12-15(22)6-9-18(17)23/h4-9,12H,3,10-11H2,1-2H3. The van der Waals surface area contributed by atoms with E-state index in [-0.39, 0.29) is 15.8 Å². The van der Waals surface area contributed by atoms with Crippen molar-refractivity contribution in [1.29, 1.82) is 0 Å². The summed E-state index contributed by atoms with van der Waals surface area (Å²) < 4.78 is 51.5. The van der Waals surface area contributed by atoms with Crippen LogP contribution in [0, 0.1) is 18.6 Å². The van der Waals surface area contributed by atoms with Crippen molar-refractivity contribution in [2.24, 2.45) is 0 Å². The van der Waals surface area contributed by atoms with Crippen molar-refractivity contribution >= 4 is 38.0 Å². The monoisotopic (exact) mass is 463 g/mol. The fraction of sp³-hybridized carbons (Fsp3) is 0.238. The number of carbonyl (C=O) groups is 1. The third-order valence-corrected chi connectivity index (χ3v) is 8.06. The zero-order valence-electron chi connectivity index (χ0n) is 16.8. The number of hydrogen-bond donors (Lipinski definition) is 0. The Labute approximate surface area is 182 Å². The minimum Gasteiger partial charge on any atom is -0.294 e. The summed E-state index contributed by atoms with van der Waals surface area (Å²) in [6.07, 6.45) is 1.78. The molecule has 0 N–H and O–H groups in total. The molecular weight excluding hydrogens is 444 g/mol. The molecule has 0 saturated carbocycles. The first-order valence-corrected chi connectivity index (χ1v) is 12.2. The lowest BCUT2D eigenvalue weighted by molar-refractivity contribution is 0.248. The SMILES string of the molecule is Cc1nc(N2CCCN(c3ccc(-c4cc(F)ccc4F)cc3)C2=O)sc1S(C)(=O)=O. The minimum atomic E-state index is -3.43. The highest BCUT2D eigenvalue weighted by molar-refractivity contribution is 7.92. The van der Waals surface area contributed by atoms with Gasteiger partial charge in [0.2, 0.25) is 0 Å². The van der Waals surface area contributed by atoms with Crippen LogP contribution in [-0.2, 0) is 9.84 Å². The van der Waals surface area contributed by atoms with Crippen LogP contribution >= 0.6 is 11.3 Å². The fourth-order valence-corrected chi connectivity index (χ4v) is 5.74. The van der Waals surface area contributed by atoms with Crippen LogP contribution in [0.15, 0.2) is 46.7 Å². The van der Waals surface area contributed by atoms with E-state index in [9.17, 15) is 22.0 Å². The van der Waals surface area contributed by atoms with Gasteiger partial charge in [-0.3, -0.25) is 9.80 Å². The number of sulfone groups is 1. The third kappa shape index (κ3) is 4.17. The first-order valence-electron chi connectivity index (χ1n) is 9.47. The Balaban J connectivity index is 1.61. The van der Waals surface area contributed by atoms with E-state index < -0.39 is 21.5 Å². The summed E-state index contributed by atoms with van der Waals surface area (Å²) in [7, 11) is -3.43. The Morgan fingerprint density at radius 2 is 1.71 bits per heavy atom. The number of benzene rings is 2. The number of hydrogen-bond acceptors (Lipinski definition) is 5. The molecule has 2 aromatic carbocycles. The van der Waals surface area contributed by atoms with Gasteiger partial charge in [-0.05, 0) is 49.2 Å². The summed E-state index contributed by atoms with van der Waals surface area (Å²) in [5, 5.41) is 0.339. The van der Waals surface area contributed by atoms with Crippen LogP contribution < -0.4 is 9.80 Å². The van der Waals surface area contributed by atoms with Crippen molar-refractivity contribution in [3.8, 4) is 11.1 Å². The largest absolute Gasteiger partial charge is 0.330 e. The topological polar surface area (TPSA) is 70.6 Å². The molecule has 0 unspecified atom stereocenters. The van der Waals surface area contributed by atoms with Gasteiger partial charge < -0.3 is 0 Å². The van der Waals surface area contributed by atoms with Crippen LogP contribution in [0.2, 0.25) is 0 Å². The predicted molar refractivity (Wildman–Crippen MR) is 116 cm³/mol. The third-order valence-electron chi connectivity index (χ3n) is 4.95. The van der Waals surface area contributed by atoms with E-state index >= 15 is 0 Å². The van der Waals surface area contributed by atoms with Gasteiger partial charge in [-0.25, -0.2) is 27.0 Å². The Kier molecular flexibility index (Phi) is 5.52. The normalized spacial score (nSPS) is 14.9. The quantitative estimate of drug-likeness (QED) is 0.565. The fourth-order valence-electron chi connectivity index (χ4n) is 3.51. The summed E-state index contributed by atoms with van der Waals surface area (Å²) in [5.74, 6) is -1.07. The Morgan fingerprint density at radius 1 is 1.03 bits per heavy atom. The highest BCUT2D eigenvalue weighted by atomic mass is 32.2. The van der Waals surface area contributed by atoms with Crippen LogP contribution in [0.5, 0.6) is 0 Å². The molecule has 10 heteroatoms. The summed E-state index contributed by atoms with van der Waals surface area (Å²) in [5.41, 5.74) is 1.61. The van der Waals surface area contributed by atoms with Gasteiger partial charge >= 0.3 is 6.03 Å². The smallest absolute Gasteiger partial charge is 0.294 e. The number of amides is 2. The van der Waals surface area contributed by atoms with Gasteiger partial charge in [-0.15, -0.1) is 0 Å². The molecule has 1 fully saturated rings. The van der Waals surface area contributed by atoms with E-state index in [1.807, 2.05) is 0 Å². The summed E-state index contributed by atoms with van der Waals surface area (Å²) in [4.78, 5) is 20.4. The Morgan fingerprint density at radius 3 is 2.35 bits per heavy atom. The van der Waals surface area contributed by atoms with Crippen molar-refractivity contribution < 1.29 is 22.0 Å². The van der Waals surface area contributed by atoms with Gasteiger partial charge in [-0.2, -0.15) is 0 Å². The number of nitrogens with zero attached hydrogens (tertiary/aromatic N) is 3. The van der Waals surface area contributed by atoms with Gasteiger partial charge in [0.15, 0.2) is 15.0 Å². The molecule has 4 rings (SSSR count). The molecule has 0 aliphatic carbocycles. The molecule has 1 aliphatic rings. The number of rotatable bonds is 4. The molecule has 6 nitrogen and oxygen atoms in total. The van der Waals surface area contributed by atoms with E-state index in [1.165, 1.54) is 4.90 Å². The van der Waals surface area contributed by atoms with Gasteiger partial charge in [0.05, 0.1) is 5.69 Å². The maximum absolute atomic E-state index is 14.0. The lowest BCUT2D eigenvalue weighted by Crippen LogP contribution is -2.49. The number of halogens is 2. The highest BCUT2D eigenvalue weighted by Gasteiger charge is 2.31. The van der Waals surface area contributed by atoms with Crippen molar-refractivity contribution in [3.63, 3.8) is 0 Å². The van der Waals surface area contributed by atoms with Crippen LogP contribution in [0.4, 0.5) is 24.4 Å². The Bertz CT molecular complexity index is 1260. The first-order chi connectivity index (χ1) is 14.6. The average molecular weight is 464 g/mol. The average Bonchev–Trinajstić information content (AvgIpc) is 3.12. The number of urea groups is 1. The number of carbonyl (C=O) groups excluding carboxylic acids is 1. The number of anilines is 2. The molecule has 1 aromatic heterocycles. The molecule has 0 bridgehead atoms. The van der Waals surface area contributed by atoms with Gasteiger partial charge in [-0.1, -0.05) is 23.5 Å². The molecule has 0 atom stereocenters. The van der Waals surface area contributed by atoms with E-state index in [4.69, 9.17) is 0 Å². The first kappa shape index (κ1) is 21.4. The number of aryl methyl sites for hydroxylation is 1. The lowest BCUT2D eigenvalue weighted by atomic mass is 10.0. The van der Waals surface area contributed by atoms with Crippen molar-refractivity contribution in [2.75, 3.05) is 29.1 Å². The molecular formula is C21H19F2N3O3S2. The van der Waals surface area contributed by atoms with E-state index in [0.717, 1.165) is 35.8 Å².